The van der Waals surface area contributed by atoms with E-state index in [1.807, 2.05) is 13.8 Å². The number of carbonyl (C=O) groups is 1. The zero-order valence-corrected chi connectivity index (χ0v) is 11.6. The molecule has 1 rings (SSSR count). The molecule has 0 radical (unpaired) electrons. The summed E-state index contributed by atoms with van der Waals surface area (Å²) in [6.45, 7) is 6.02. The summed E-state index contributed by atoms with van der Waals surface area (Å²) in [7, 11) is 1.55. The van der Waals surface area contributed by atoms with E-state index in [2.05, 4.69) is 12.0 Å². The van der Waals surface area contributed by atoms with E-state index in [0.29, 0.717) is 17.9 Å². The van der Waals surface area contributed by atoms with Gasteiger partial charge in [-0.1, -0.05) is 13.3 Å². The summed E-state index contributed by atoms with van der Waals surface area (Å²) in [6.07, 6.45) is 3.75. The monoisotopic (exact) mass is 253 g/mol. The Balaban J connectivity index is 2.92. The molecule has 5 nitrogen and oxygen atoms in total. The standard InChI is InChI=1S/C13H23N3O2/c1-5-6-10(14)7-11(17)13-12(18-4)8-15-16(13)9(2)3/h8-10H,5-7,14H2,1-4H3. The zero-order valence-electron chi connectivity index (χ0n) is 11.6. The first-order valence-electron chi connectivity index (χ1n) is 6.41. The summed E-state index contributed by atoms with van der Waals surface area (Å²) >= 11 is 0. The molecule has 0 saturated heterocycles. The first-order valence-corrected chi connectivity index (χ1v) is 6.41. The van der Waals surface area contributed by atoms with Crippen molar-refractivity contribution in [3.8, 4) is 5.75 Å². The molecular formula is C13H23N3O2. The number of methoxy groups -OCH3 is 1. The van der Waals surface area contributed by atoms with Crippen molar-refractivity contribution < 1.29 is 9.53 Å². The highest BCUT2D eigenvalue weighted by Gasteiger charge is 2.22. The van der Waals surface area contributed by atoms with Crippen LogP contribution < -0.4 is 10.5 Å². The van der Waals surface area contributed by atoms with Gasteiger partial charge in [0.15, 0.2) is 11.5 Å². The van der Waals surface area contributed by atoms with Crippen LogP contribution in [-0.4, -0.2) is 28.7 Å². The fourth-order valence-electron chi connectivity index (χ4n) is 1.96. The number of hydrogen-bond donors (Lipinski definition) is 1. The van der Waals surface area contributed by atoms with Crippen molar-refractivity contribution in [2.45, 2.75) is 52.1 Å². The third-order valence-electron chi connectivity index (χ3n) is 2.84. The van der Waals surface area contributed by atoms with Crippen molar-refractivity contribution in [1.29, 1.82) is 0 Å². The number of nitrogens with two attached hydrogens (primary N) is 1. The van der Waals surface area contributed by atoms with E-state index in [9.17, 15) is 4.79 Å². The molecule has 1 aromatic rings. The summed E-state index contributed by atoms with van der Waals surface area (Å²) in [5.74, 6) is 0.524. The highest BCUT2D eigenvalue weighted by molar-refractivity contribution is 5.97. The van der Waals surface area contributed by atoms with Crippen LogP contribution in [0.4, 0.5) is 0 Å². The SMILES string of the molecule is CCCC(N)CC(=O)c1c(OC)cnn1C(C)C. The Hall–Kier alpha value is -1.36. The molecule has 18 heavy (non-hydrogen) atoms. The summed E-state index contributed by atoms with van der Waals surface area (Å²) in [5.41, 5.74) is 6.44. The van der Waals surface area contributed by atoms with Crippen molar-refractivity contribution in [3.05, 3.63) is 11.9 Å². The average molecular weight is 253 g/mol. The van der Waals surface area contributed by atoms with Gasteiger partial charge in [0.25, 0.3) is 0 Å². The van der Waals surface area contributed by atoms with Gasteiger partial charge in [-0.2, -0.15) is 5.10 Å². The quantitative estimate of drug-likeness (QED) is 0.756. The van der Waals surface area contributed by atoms with Crippen molar-refractivity contribution in [2.24, 2.45) is 5.73 Å². The fourth-order valence-corrected chi connectivity index (χ4v) is 1.96. The minimum atomic E-state index is -0.0947. The minimum absolute atomic E-state index is 0.000926. The highest BCUT2D eigenvalue weighted by atomic mass is 16.5. The summed E-state index contributed by atoms with van der Waals surface area (Å²) in [4.78, 5) is 12.3. The van der Waals surface area contributed by atoms with Crippen molar-refractivity contribution >= 4 is 5.78 Å². The molecule has 1 aromatic heterocycles. The molecule has 1 atom stereocenters. The topological polar surface area (TPSA) is 70.1 Å². The van der Waals surface area contributed by atoms with Gasteiger partial charge in [-0.05, 0) is 20.3 Å². The minimum Gasteiger partial charge on any atom is -0.493 e. The third kappa shape index (κ3) is 3.32. The van der Waals surface area contributed by atoms with E-state index in [1.165, 1.54) is 0 Å². The number of rotatable bonds is 7. The zero-order chi connectivity index (χ0) is 13.7. The van der Waals surface area contributed by atoms with Gasteiger partial charge in [-0.15, -0.1) is 0 Å². The molecule has 0 aliphatic heterocycles. The van der Waals surface area contributed by atoms with E-state index in [0.717, 1.165) is 12.8 Å². The molecule has 0 bridgehead atoms. The number of hydrogen-bond acceptors (Lipinski definition) is 4. The Morgan fingerprint density at radius 3 is 2.72 bits per heavy atom. The lowest BCUT2D eigenvalue weighted by Gasteiger charge is -2.13. The van der Waals surface area contributed by atoms with E-state index < -0.39 is 0 Å². The van der Waals surface area contributed by atoms with E-state index >= 15 is 0 Å². The van der Waals surface area contributed by atoms with Crippen molar-refractivity contribution in [1.82, 2.24) is 9.78 Å². The molecule has 0 spiro atoms. The van der Waals surface area contributed by atoms with E-state index in [4.69, 9.17) is 10.5 Å². The number of ketones is 1. The second-order valence-electron chi connectivity index (χ2n) is 4.78. The first kappa shape index (κ1) is 14.7. The molecule has 2 N–H and O–H groups in total. The van der Waals surface area contributed by atoms with Gasteiger partial charge in [0.2, 0.25) is 0 Å². The lowest BCUT2D eigenvalue weighted by molar-refractivity contribution is 0.0957. The molecule has 0 aliphatic carbocycles. The molecule has 0 amide bonds. The number of ether oxygens (including phenoxy) is 1. The Kier molecular flexibility index (Phi) is 5.34. The van der Waals surface area contributed by atoms with Crippen LogP contribution in [0.2, 0.25) is 0 Å². The lowest BCUT2D eigenvalue weighted by atomic mass is 10.0. The second kappa shape index (κ2) is 6.54. The molecule has 5 heteroatoms. The Morgan fingerprint density at radius 1 is 1.56 bits per heavy atom. The summed E-state index contributed by atoms with van der Waals surface area (Å²) in [5, 5.41) is 4.19. The van der Waals surface area contributed by atoms with Crippen LogP contribution in [0.5, 0.6) is 5.75 Å². The third-order valence-corrected chi connectivity index (χ3v) is 2.84. The van der Waals surface area contributed by atoms with Gasteiger partial charge in [-0.3, -0.25) is 9.48 Å². The lowest BCUT2D eigenvalue weighted by Crippen LogP contribution is -2.25. The van der Waals surface area contributed by atoms with Gasteiger partial charge >= 0.3 is 0 Å². The van der Waals surface area contributed by atoms with Crippen LogP contribution in [0.15, 0.2) is 6.20 Å². The van der Waals surface area contributed by atoms with Crippen LogP contribution in [0.25, 0.3) is 0 Å². The van der Waals surface area contributed by atoms with Crippen LogP contribution in [0.1, 0.15) is 56.6 Å². The molecular weight excluding hydrogens is 230 g/mol. The predicted molar refractivity (Wildman–Crippen MR) is 71.0 cm³/mol. The van der Waals surface area contributed by atoms with Gasteiger partial charge in [-0.25, -0.2) is 0 Å². The number of Topliss-reactive ketones (excluding diaryl/α,β-unsaturated/α-hetero) is 1. The van der Waals surface area contributed by atoms with Gasteiger partial charge in [0.1, 0.15) is 5.69 Å². The van der Waals surface area contributed by atoms with Crippen molar-refractivity contribution in [2.75, 3.05) is 7.11 Å². The number of carbonyl (C=O) groups excluding carboxylic acids is 1. The Labute approximate surface area is 108 Å². The van der Waals surface area contributed by atoms with Gasteiger partial charge in [0, 0.05) is 18.5 Å². The van der Waals surface area contributed by atoms with E-state index in [1.54, 1.807) is 18.0 Å². The van der Waals surface area contributed by atoms with E-state index in [-0.39, 0.29) is 17.9 Å². The molecule has 1 heterocycles. The molecule has 0 aliphatic rings. The molecule has 0 aromatic carbocycles. The largest absolute Gasteiger partial charge is 0.493 e. The number of nitrogens with zero attached hydrogens (tertiary/aromatic N) is 2. The van der Waals surface area contributed by atoms with Crippen LogP contribution in [-0.2, 0) is 0 Å². The number of aromatic nitrogens is 2. The van der Waals surface area contributed by atoms with Crippen LogP contribution in [0.3, 0.4) is 0 Å². The van der Waals surface area contributed by atoms with Gasteiger partial charge < -0.3 is 10.5 Å². The summed E-state index contributed by atoms with van der Waals surface area (Å²) < 4.78 is 6.89. The molecule has 0 fully saturated rings. The average Bonchev–Trinajstić information content (AvgIpc) is 2.72. The first-order chi connectivity index (χ1) is 8.51. The predicted octanol–water partition coefficient (Wildman–Crippen LogP) is 2.17. The highest BCUT2D eigenvalue weighted by Crippen LogP contribution is 2.23. The normalized spacial score (nSPS) is 12.8. The van der Waals surface area contributed by atoms with Crippen molar-refractivity contribution in [3.63, 3.8) is 0 Å². The second-order valence-corrected chi connectivity index (χ2v) is 4.78. The molecule has 102 valence electrons. The molecule has 0 saturated carbocycles. The maximum absolute atomic E-state index is 12.3. The Morgan fingerprint density at radius 2 is 2.22 bits per heavy atom. The summed E-state index contributed by atoms with van der Waals surface area (Å²) in [6, 6.07) is 0.0259. The Bertz CT molecular complexity index is 399. The fraction of sp³-hybridized carbons (Fsp3) is 0.692. The smallest absolute Gasteiger partial charge is 0.186 e. The maximum atomic E-state index is 12.3. The molecule has 1 unspecified atom stereocenters. The van der Waals surface area contributed by atoms with Gasteiger partial charge in [0.05, 0.1) is 13.3 Å². The van der Waals surface area contributed by atoms with Crippen LogP contribution in [0, 0.1) is 0 Å². The van der Waals surface area contributed by atoms with Crippen LogP contribution >= 0.6 is 0 Å². The maximum Gasteiger partial charge on any atom is 0.186 e.